The summed E-state index contributed by atoms with van der Waals surface area (Å²) in [6, 6.07) is 12.1. The highest BCUT2D eigenvalue weighted by Gasteiger charge is 2.10. The lowest BCUT2D eigenvalue weighted by Crippen LogP contribution is -2.11. The van der Waals surface area contributed by atoms with E-state index in [1.165, 1.54) is 12.3 Å². The van der Waals surface area contributed by atoms with Crippen molar-refractivity contribution in [2.45, 2.75) is 6.92 Å². The van der Waals surface area contributed by atoms with Crippen molar-refractivity contribution in [2.24, 2.45) is 0 Å². The first kappa shape index (κ1) is 15.4. The van der Waals surface area contributed by atoms with Crippen LogP contribution in [0, 0.1) is 12.7 Å². The highest BCUT2D eigenvalue weighted by molar-refractivity contribution is 9.10. The smallest absolute Gasteiger partial charge is 0.258 e. The number of hydrogen-bond donors (Lipinski definition) is 1. The number of carbonyl (C=O) groups excluding carboxylic acids is 1. The minimum Gasteiger partial charge on any atom is -0.322 e. The van der Waals surface area contributed by atoms with Crippen LogP contribution in [0.5, 0.6) is 0 Å². The summed E-state index contributed by atoms with van der Waals surface area (Å²) in [4.78, 5) is 12.2. The molecule has 1 N–H and O–H groups in total. The van der Waals surface area contributed by atoms with Gasteiger partial charge in [-0.25, -0.2) is 9.07 Å². The molecular weight excluding hydrogens is 361 g/mol. The number of halogens is 2. The summed E-state index contributed by atoms with van der Waals surface area (Å²) < 4.78 is 16.1. The number of rotatable bonds is 3. The Morgan fingerprint density at radius 2 is 1.96 bits per heavy atom. The molecule has 23 heavy (non-hydrogen) atoms. The van der Waals surface area contributed by atoms with Gasteiger partial charge in [0.05, 0.1) is 17.4 Å². The Morgan fingerprint density at radius 3 is 2.65 bits per heavy atom. The molecule has 1 heterocycles. The number of nitrogens with one attached hydrogen (secondary N) is 1. The van der Waals surface area contributed by atoms with Crippen LogP contribution in [-0.4, -0.2) is 15.7 Å². The molecule has 0 aliphatic heterocycles. The third-order valence-corrected chi connectivity index (χ3v) is 3.89. The molecule has 4 nitrogen and oxygen atoms in total. The molecule has 0 saturated heterocycles. The van der Waals surface area contributed by atoms with Gasteiger partial charge in [0.25, 0.3) is 5.91 Å². The van der Waals surface area contributed by atoms with Crippen LogP contribution < -0.4 is 5.32 Å². The first-order valence-electron chi connectivity index (χ1n) is 6.91. The molecule has 3 rings (SSSR count). The lowest BCUT2D eigenvalue weighted by molar-refractivity contribution is 0.102. The number of amides is 1. The summed E-state index contributed by atoms with van der Waals surface area (Å²) in [6.45, 7) is 1.67. The summed E-state index contributed by atoms with van der Waals surface area (Å²) in [5.74, 6) is -0.690. The maximum absolute atomic E-state index is 13.5. The fraction of sp³-hybridized carbons (Fsp3) is 0.0588. The molecule has 0 atom stereocenters. The SMILES string of the molecule is Cc1ccc(NC(=O)c2cnn(-c3ccc(Br)cc3)c2)cc1F. The van der Waals surface area contributed by atoms with E-state index in [1.807, 2.05) is 24.3 Å². The third-order valence-electron chi connectivity index (χ3n) is 3.37. The van der Waals surface area contributed by atoms with Crippen molar-refractivity contribution in [3.05, 3.63) is 76.3 Å². The van der Waals surface area contributed by atoms with E-state index >= 15 is 0 Å². The highest BCUT2D eigenvalue weighted by atomic mass is 79.9. The Hall–Kier alpha value is -2.47. The predicted molar refractivity (Wildman–Crippen MR) is 90.4 cm³/mol. The van der Waals surface area contributed by atoms with Gasteiger partial charge >= 0.3 is 0 Å². The van der Waals surface area contributed by atoms with E-state index in [4.69, 9.17) is 0 Å². The van der Waals surface area contributed by atoms with Crippen LogP contribution in [0.25, 0.3) is 5.69 Å². The van der Waals surface area contributed by atoms with Crippen molar-refractivity contribution in [3.8, 4) is 5.69 Å². The van der Waals surface area contributed by atoms with Crippen LogP contribution in [0.2, 0.25) is 0 Å². The van der Waals surface area contributed by atoms with E-state index in [-0.39, 0.29) is 11.7 Å². The Labute approximate surface area is 141 Å². The van der Waals surface area contributed by atoms with Crippen molar-refractivity contribution >= 4 is 27.5 Å². The Morgan fingerprint density at radius 1 is 1.22 bits per heavy atom. The Balaban J connectivity index is 1.78. The molecule has 0 aliphatic carbocycles. The van der Waals surface area contributed by atoms with Gasteiger partial charge in [0, 0.05) is 16.4 Å². The van der Waals surface area contributed by atoms with Crippen molar-refractivity contribution in [3.63, 3.8) is 0 Å². The molecular formula is C17H13BrFN3O. The summed E-state index contributed by atoms with van der Waals surface area (Å²) in [5.41, 5.74) is 2.18. The zero-order valence-electron chi connectivity index (χ0n) is 12.3. The number of nitrogens with zero attached hydrogens (tertiary/aromatic N) is 2. The normalized spacial score (nSPS) is 10.6. The Kier molecular flexibility index (Phi) is 4.25. The van der Waals surface area contributed by atoms with Crippen LogP contribution in [0.1, 0.15) is 15.9 Å². The fourth-order valence-electron chi connectivity index (χ4n) is 2.05. The minimum atomic E-state index is -0.353. The Bertz CT molecular complexity index is 859. The number of aromatic nitrogens is 2. The first-order chi connectivity index (χ1) is 11.0. The first-order valence-corrected chi connectivity index (χ1v) is 7.70. The molecule has 1 aromatic heterocycles. The van der Waals surface area contributed by atoms with Gasteiger partial charge in [0.15, 0.2) is 0 Å². The van der Waals surface area contributed by atoms with Crippen molar-refractivity contribution in [2.75, 3.05) is 5.32 Å². The molecule has 0 aliphatic rings. The maximum atomic E-state index is 13.5. The number of carbonyl (C=O) groups is 1. The number of benzene rings is 2. The minimum absolute atomic E-state index is 0.336. The van der Waals surface area contributed by atoms with Crippen LogP contribution in [0.3, 0.4) is 0 Å². The van der Waals surface area contributed by atoms with E-state index in [0.717, 1.165) is 10.2 Å². The molecule has 1 amide bonds. The second kappa shape index (κ2) is 6.34. The average molecular weight is 374 g/mol. The standard InChI is InChI=1S/C17H13BrFN3O/c1-11-2-5-14(8-16(11)19)21-17(23)12-9-20-22(10-12)15-6-3-13(18)4-7-15/h2-10H,1H3,(H,21,23). The van der Waals surface area contributed by atoms with Crippen molar-refractivity contribution in [1.29, 1.82) is 0 Å². The van der Waals surface area contributed by atoms with Crippen molar-refractivity contribution < 1.29 is 9.18 Å². The molecule has 6 heteroatoms. The lowest BCUT2D eigenvalue weighted by atomic mass is 10.2. The summed E-state index contributed by atoms with van der Waals surface area (Å²) in [7, 11) is 0. The van der Waals surface area contributed by atoms with Gasteiger partial charge in [-0.05, 0) is 48.9 Å². The van der Waals surface area contributed by atoms with E-state index in [1.54, 1.807) is 29.9 Å². The van der Waals surface area contributed by atoms with E-state index in [2.05, 4.69) is 26.3 Å². The molecule has 3 aromatic rings. The van der Waals surface area contributed by atoms with Gasteiger partial charge in [-0.2, -0.15) is 5.10 Å². The molecule has 0 spiro atoms. The molecule has 0 saturated carbocycles. The second-order valence-electron chi connectivity index (χ2n) is 5.07. The largest absolute Gasteiger partial charge is 0.322 e. The van der Waals surface area contributed by atoms with Gasteiger partial charge in [-0.15, -0.1) is 0 Å². The van der Waals surface area contributed by atoms with E-state index in [0.29, 0.717) is 16.8 Å². The molecule has 0 unspecified atom stereocenters. The van der Waals surface area contributed by atoms with Crippen LogP contribution in [-0.2, 0) is 0 Å². The van der Waals surface area contributed by atoms with Crippen LogP contribution in [0.4, 0.5) is 10.1 Å². The molecule has 0 bridgehead atoms. The molecule has 0 radical (unpaired) electrons. The number of aryl methyl sites for hydroxylation is 1. The summed E-state index contributed by atoms with van der Waals surface area (Å²) in [6.07, 6.45) is 3.10. The van der Waals surface area contributed by atoms with Gasteiger partial charge in [-0.3, -0.25) is 4.79 Å². The summed E-state index contributed by atoms with van der Waals surface area (Å²) >= 11 is 3.37. The lowest BCUT2D eigenvalue weighted by Gasteiger charge is -2.05. The van der Waals surface area contributed by atoms with Gasteiger partial charge in [0.1, 0.15) is 5.82 Å². The van der Waals surface area contributed by atoms with Crippen LogP contribution in [0.15, 0.2) is 59.3 Å². The van der Waals surface area contributed by atoms with E-state index < -0.39 is 0 Å². The quantitative estimate of drug-likeness (QED) is 0.742. The zero-order chi connectivity index (χ0) is 16.4. The zero-order valence-corrected chi connectivity index (χ0v) is 13.8. The van der Waals surface area contributed by atoms with Gasteiger partial charge in [-0.1, -0.05) is 22.0 Å². The van der Waals surface area contributed by atoms with Crippen molar-refractivity contribution in [1.82, 2.24) is 9.78 Å². The van der Waals surface area contributed by atoms with Gasteiger partial charge in [0.2, 0.25) is 0 Å². The van der Waals surface area contributed by atoms with E-state index in [9.17, 15) is 9.18 Å². The molecule has 116 valence electrons. The molecule has 2 aromatic carbocycles. The third kappa shape index (κ3) is 3.48. The van der Waals surface area contributed by atoms with Crippen LogP contribution >= 0.6 is 15.9 Å². The highest BCUT2D eigenvalue weighted by Crippen LogP contribution is 2.16. The average Bonchev–Trinajstić information content (AvgIpc) is 3.02. The maximum Gasteiger partial charge on any atom is 0.258 e. The fourth-order valence-corrected chi connectivity index (χ4v) is 2.31. The molecule has 0 fully saturated rings. The second-order valence-corrected chi connectivity index (χ2v) is 5.98. The monoisotopic (exact) mass is 373 g/mol. The van der Waals surface area contributed by atoms with Gasteiger partial charge < -0.3 is 5.32 Å². The number of hydrogen-bond acceptors (Lipinski definition) is 2. The number of anilines is 1. The summed E-state index contributed by atoms with van der Waals surface area (Å²) in [5, 5.41) is 6.84. The predicted octanol–water partition coefficient (Wildman–Crippen LogP) is 4.33. The topological polar surface area (TPSA) is 46.9 Å².